The predicted octanol–water partition coefficient (Wildman–Crippen LogP) is 1.13. The van der Waals surface area contributed by atoms with Crippen LogP contribution >= 0.6 is 0 Å². The maximum Gasteiger partial charge on any atom is 0.229 e. The molecule has 1 aliphatic heterocycles. The Morgan fingerprint density at radius 3 is 3.06 bits per heavy atom. The van der Waals surface area contributed by atoms with Crippen molar-refractivity contribution in [1.29, 1.82) is 0 Å². The Hall–Kier alpha value is -0.940. The van der Waals surface area contributed by atoms with Gasteiger partial charge in [0.2, 0.25) is 5.89 Å². The smallest absolute Gasteiger partial charge is 0.229 e. The first kappa shape index (κ1) is 11.2. The van der Waals surface area contributed by atoms with E-state index in [-0.39, 0.29) is 0 Å². The molecule has 5 nitrogen and oxygen atoms in total. The summed E-state index contributed by atoms with van der Waals surface area (Å²) in [6.07, 6.45) is 4.98. The van der Waals surface area contributed by atoms with Crippen molar-refractivity contribution < 1.29 is 4.52 Å². The number of likely N-dealkylation sites (tertiary alicyclic amines) is 1. The molecule has 0 radical (unpaired) electrons. The van der Waals surface area contributed by atoms with Crippen LogP contribution in [0.2, 0.25) is 0 Å². The first-order valence-corrected chi connectivity index (χ1v) is 6.58. The SMILES string of the molecule is CNCC1CCCN1Cc1noc(C2CC2)n1. The predicted molar refractivity (Wildman–Crippen MR) is 63.6 cm³/mol. The molecule has 1 aromatic heterocycles. The molecule has 94 valence electrons. The van der Waals surface area contributed by atoms with Crippen LogP contribution in [0.25, 0.3) is 0 Å². The molecular weight excluding hydrogens is 216 g/mol. The van der Waals surface area contributed by atoms with Gasteiger partial charge < -0.3 is 9.84 Å². The number of rotatable bonds is 5. The summed E-state index contributed by atoms with van der Waals surface area (Å²) in [7, 11) is 2.01. The summed E-state index contributed by atoms with van der Waals surface area (Å²) < 4.78 is 5.29. The van der Waals surface area contributed by atoms with Crippen LogP contribution in [0.4, 0.5) is 0 Å². The minimum atomic E-state index is 0.558. The van der Waals surface area contributed by atoms with E-state index < -0.39 is 0 Å². The fraction of sp³-hybridized carbons (Fsp3) is 0.833. The summed E-state index contributed by atoms with van der Waals surface area (Å²) in [6.45, 7) is 3.04. The molecule has 2 aliphatic rings. The summed E-state index contributed by atoms with van der Waals surface area (Å²) >= 11 is 0. The standard InChI is InChI=1S/C12H20N4O/c1-13-7-10-3-2-6-16(10)8-11-14-12(17-15-11)9-4-5-9/h9-10,13H,2-8H2,1H3. The maximum absolute atomic E-state index is 5.29. The minimum absolute atomic E-state index is 0.558. The van der Waals surface area contributed by atoms with Crippen LogP contribution in [0.3, 0.4) is 0 Å². The van der Waals surface area contributed by atoms with Crippen molar-refractivity contribution >= 4 is 0 Å². The monoisotopic (exact) mass is 236 g/mol. The summed E-state index contributed by atoms with van der Waals surface area (Å²) in [5.74, 6) is 2.27. The van der Waals surface area contributed by atoms with Gasteiger partial charge in [0, 0.05) is 18.5 Å². The van der Waals surface area contributed by atoms with E-state index in [1.165, 1.54) is 25.7 Å². The second-order valence-corrected chi connectivity index (χ2v) is 5.15. The molecule has 1 N–H and O–H groups in total. The second-order valence-electron chi connectivity index (χ2n) is 5.15. The average molecular weight is 236 g/mol. The zero-order valence-corrected chi connectivity index (χ0v) is 10.4. The lowest BCUT2D eigenvalue weighted by Gasteiger charge is -2.22. The topological polar surface area (TPSA) is 54.2 Å². The van der Waals surface area contributed by atoms with E-state index in [9.17, 15) is 0 Å². The van der Waals surface area contributed by atoms with Gasteiger partial charge in [-0.1, -0.05) is 5.16 Å². The highest BCUT2D eigenvalue weighted by Gasteiger charge is 2.30. The molecule has 1 aromatic rings. The molecule has 0 bridgehead atoms. The zero-order valence-electron chi connectivity index (χ0n) is 10.4. The lowest BCUT2D eigenvalue weighted by atomic mass is 10.2. The molecule has 17 heavy (non-hydrogen) atoms. The fourth-order valence-corrected chi connectivity index (χ4v) is 2.58. The van der Waals surface area contributed by atoms with Crippen LogP contribution < -0.4 is 5.32 Å². The van der Waals surface area contributed by atoms with Crippen molar-refractivity contribution in [2.75, 3.05) is 20.1 Å². The molecule has 2 fully saturated rings. The van der Waals surface area contributed by atoms with Crippen LogP contribution in [-0.4, -0.2) is 41.2 Å². The zero-order chi connectivity index (χ0) is 11.7. The summed E-state index contributed by atoms with van der Waals surface area (Å²) in [5.41, 5.74) is 0. The van der Waals surface area contributed by atoms with Crippen molar-refractivity contribution in [3.8, 4) is 0 Å². The van der Waals surface area contributed by atoms with Gasteiger partial charge in [0.05, 0.1) is 6.54 Å². The van der Waals surface area contributed by atoms with Crippen molar-refractivity contribution in [1.82, 2.24) is 20.4 Å². The lowest BCUT2D eigenvalue weighted by molar-refractivity contribution is 0.232. The van der Waals surface area contributed by atoms with E-state index >= 15 is 0 Å². The molecule has 1 unspecified atom stereocenters. The van der Waals surface area contributed by atoms with Gasteiger partial charge in [-0.15, -0.1) is 0 Å². The maximum atomic E-state index is 5.29. The van der Waals surface area contributed by atoms with Crippen molar-refractivity contribution in [2.24, 2.45) is 0 Å². The van der Waals surface area contributed by atoms with E-state index in [0.717, 1.165) is 31.3 Å². The molecule has 0 aromatic carbocycles. The molecule has 5 heteroatoms. The highest BCUT2D eigenvalue weighted by Crippen LogP contribution is 2.38. The van der Waals surface area contributed by atoms with Gasteiger partial charge in [-0.3, -0.25) is 4.90 Å². The summed E-state index contributed by atoms with van der Waals surface area (Å²) in [4.78, 5) is 6.95. The number of hydrogen-bond donors (Lipinski definition) is 1. The largest absolute Gasteiger partial charge is 0.339 e. The van der Waals surface area contributed by atoms with Gasteiger partial charge in [0.1, 0.15) is 0 Å². The van der Waals surface area contributed by atoms with Gasteiger partial charge in [-0.05, 0) is 39.3 Å². The third kappa shape index (κ3) is 2.50. The van der Waals surface area contributed by atoms with Gasteiger partial charge in [0.15, 0.2) is 5.82 Å². The molecule has 1 aliphatic carbocycles. The van der Waals surface area contributed by atoms with E-state index in [1.807, 2.05) is 7.05 Å². The van der Waals surface area contributed by atoms with Crippen molar-refractivity contribution in [2.45, 2.75) is 44.2 Å². The molecule has 1 atom stereocenters. The first-order valence-electron chi connectivity index (χ1n) is 6.58. The van der Waals surface area contributed by atoms with Gasteiger partial charge >= 0.3 is 0 Å². The molecule has 2 heterocycles. The highest BCUT2D eigenvalue weighted by molar-refractivity contribution is 5.02. The van der Waals surface area contributed by atoms with Gasteiger partial charge in [0.25, 0.3) is 0 Å². The molecule has 0 amide bonds. The Labute approximate surface area is 102 Å². The number of likely N-dealkylation sites (N-methyl/N-ethyl adjacent to an activating group) is 1. The third-order valence-corrected chi connectivity index (χ3v) is 3.69. The molecular formula is C12H20N4O. The first-order chi connectivity index (χ1) is 8.36. The summed E-state index contributed by atoms with van der Waals surface area (Å²) in [6, 6.07) is 0.628. The number of nitrogens with one attached hydrogen (secondary N) is 1. The van der Waals surface area contributed by atoms with Gasteiger partial charge in [-0.2, -0.15) is 4.98 Å². The minimum Gasteiger partial charge on any atom is -0.339 e. The molecule has 3 rings (SSSR count). The Bertz CT molecular complexity index is 374. The van der Waals surface area contributed by atoms with E-state index in [4.69, 9.17) is 4.52 Å². The van der Waals surface area contributed by atoms with Crippen molar-refractivity contribution in [3.05, 3.63) is 11.7 Å². The van der Waals surface area contributed by atoms with Crippen LogP contribution in [0, 0.1) is 0 Å². The van der Waals surface area contributed by atoms with Crippen LogP contribution in [0.15, 0.2) is 4.52 Å². The van der Waals surface area contributed by atoms with Crippen LogP contribution in [0.5, 0.6) is 0 Å². The highest BCUT2D eigenvalue weighted by atomic mass is 16.5. The fourth-order valence-electron chi connectivity index (χ4n) is 2.58. The molecule has 1 saturated carbocycles. The van der Waals surface area contributed by atoms with Gasteiger partial charge in [-0.25, -0.2) is 0 Å². The van der Waals surface area contributed by atoms with Crippen molar-refractivity contribution in [3.63, 3.8) is 0 Å². The molecule has 1 saturated heterocycles. The lowest BCUT2D eigenvalue weighted by Crippen LogP contribution is -2.36. The van der Waals surface area contributed by atoms with Crippen LogP contribution in [0.1, 0.15) is 43.3 Å². The average Bonchev–Trinajstić information content (AvgIpc) is 2.93. The number of hydrogen-bond acceptors (Lipinski definition) is 5. The number of aromatic nitrogens is 2. The van der Waals surface area contributed by atoms with E-state index in [1.54, 1.807) is 0 Å². The second kappa shape index (κ2) is 4.74. The molecule has 0 spiro atoms. The Kier molecular flexibility index (Phi) is 3.11. The number of nitrogens with zero attached hydrogens (tertiary/aromatic N) is 3. The quantitative estimate of drug-likeness (QED) is 0.830. The Morgan fingerprint density at radius 1 is 1.41 bits per heavy atom. The third-order valence-electron chi connectivity index (χ3n) is 3.69. The Balaban J connectivity index is 1.60. The van der Waals surface area contributed by atoms with Crippen LogP contribution in [-0.2, 0) is 6.54 Å². The Morgan fingerprint density at radius 2 is 2.29 bits per heavy atom. The van der Waals surface area contributed by atoms with E-state index in [0.29, 0.717) is 12.0 Å². The summed E-state index contributed by atoms with van der Waals surface area (Å²) in [5, 5.41) is 7.34. The van der Waals surface area contributed by atoms with E-state index in [2.05, 4.69) is 20.4 Å². The normalized spacial score (nSPS) is 25.6.